The van der Waals surface area contributed by atoms with Crippen LogP contribution in [0.2, 0.25) is 0 Å². The maximum Gasteiger partial charge on any atom is 0.349 e. The Hall–Kier alpha value is -2.78. The number of hydrogen-bond acceptors (Lipinski definition) is 14. The van der Waals surface area contributed by atoms with Crippen LogP contribution in [-0.2, 0) is 29.5 Å². The summed E-state index contributed by atoms with van der Waals surface area (Å²) in [6, 6.07) is 2.63. The lowest BCUT2D eigenvalue weighted by Crippen LogP contribution is -2.15. The van der Waals surface area contributed by atoms with E-state index in [1.165, 1.54) is 37.1 Å². The second kappa shape index (κ2) is 12.8. The highest BCUT2D eigenvalue weighted by Gasteiger charge is 2.28. The first-order chi connectivity index (χ1) is 18.7. The van der Waals surface area contributed by atoms with Crippen molar-refractivity contribution in [3.05, 3.63) is 53.0 Å². The summed E-state index contributed by atoms with van der Waals surface area (Å²) in [7, 11) is -5.57. The van der Waals surface area contributed by atoms with E-state index < -0.39 is 32.0 Å². The van der Waals surface area contributed by atoms with Crippen molar-refractivity contribution in [2.45, 2.75) is 23.6 Å². The molecule has 0 amide bonds. The van der Waals surface area contributed by atoms with E-state index in [4.69, 9.17) is 9.05 Å². The molecule has 0 aliphatic heterocycles. The van der Waals surface area contributed by atoms with Crippen molar-refractivity contribution < 1.29 is 44.9 Å². The van der Waals surface area contributed by atoms with Gasteiger partial charge in [-0.05, 0) is 68.6 Å². The fraction of sp³-hybridized carbons (Fsp3) is 0.200. The number of halogens is 2. The number of methoxy groups -OCH3 is 2. The predicted molar refractivity (Wildman–Crippen MR) is 151 cm³/mol. The highest BCUT2D eigenvalue weighted by molar-refractivity contribution is 9.11. The van der Waals surface area contributed by atoms with Crippen LogP contribution in [0.25, 0.3) is 0 Å². The third kappa shape index (κ3) is 6.92. The molecule has 216 valence electrons. The number of esters is 2. The molecule has 0 unspecified atom stereocenters. The molecule has 40 heavy (non-hydrogen) atoms. The summed E-state index contributed by atoms with van der Waals surface area (Å²) in [5.41, 5.74) is 1.00. The van der Waals surface area contributed by atoms with E-state index in [0.29, 0.717) is 20.3 Å². The Bertz CT molecular complexity index is 1630. The number of rotatable bonds is 8. The topological polar surface area (TPSA) is 197 Å². The van der Waals surface area contributed by atoms with Crippen LogP contribution in [0.4, 0.5) is 11.8 Å². The fourth-order valence-corrected chi connectivity index (χ4v) is 8.11. The molecule has 0 radical (unpaired) electrons. The minimum atomic E-state index is -3.97. The summed E-state index contributed by atoms with van der Waals surface area (Å²) in [5, 5.41) is 10.2. The third-order valence-electron chi connectivity index (χ3n) is 4.61. The van der Waals surface area contributed by atoms with Gasteiger partial charge in [0, 0.05) is 0 Å². The van der Waals surface area contributed by atoms with E-state index in [1.807, 2.05) is 0 Å². The van der Waals surface area contributed by atoms with E-state index in [-0.39, 0.29) is 31.3 Å². The zero-order valence-corrected chi connectivity index (χ0v) is 27.1. The standard InChI is InChI=1S/2C10H9BrN2O5S2/c2*1-5-7(11)9(18-12-5)13-20(15,16)6-3-4-19-8(6)10(14)17-2/h2*3-4,13H,1-2H3. The van der Waals surface area contributed by atoms with Crippen LogP contribution in [0.3, 0.4) is 0 Å². The Kier molecular flexibility index (Phi) is 10.2. The molecule has 0 fully saturated rings. The number of thiophene rings is 2. The molecule has 0 saturated heterocycles. The number of nitrogens with zero attached hydrogens (tertiary/aromatic N) is 2. The summed E-state index contributed by atoms with van der Waals surface area (Å²) < 4.78 is 73.0. The van der Waals surface area contributed by atoms with Crippen LogP contribution in [-0.4, -0.2) is 53.3 Å². The van der Waals surface area contributed by atoms with Gasteiger partial charge in [-0.2, -0.15) is 0 Å². The van der Waals surface area contributed by atoms with Gasteiger partial charge in [0.1, 0.15) is 28.5 Å². The Morgan fingerprint density at radius 3 is 1.40 bits per heavy atom. The smallest absolute Gasteiger partial charge is 0.349 e. The average molecular weight is 762 g/mol. The molecule has 2 N–H and O–H groups in total. The molecule has 4 aromatic heterocycles. The fourth-order valence-electron chi connectivity index (χ4n) is 2.70. The number of carbonyl (C=O) groups excluding carboxylic acids is 2. The summed E-state index contributed by atoms with van der Waals surface area (Å²) in [6.45, 7) is 3.30. The third-order valence-corrected chi connectivity index (χ3v) is 11.3. The molecular weight excluding hydrogens is 744 g/mol. The lowest BCUT2D eigenvalue weighted by Gasteiger charge is -2.05. The summed E-state index contributed by atoms with van der Waals surface area (Å²) in [4.78, 5) is 22.7. The molecule has 0 atom stereocenters. The highest BCUT2D eigenvalue weighted by Crippen LogP contribution is 2.31. The van der Waals surface area contributed by atoms with E-state index in [2.05, 4.69) is 61.1 Å². The molecule has 14 nitrogen and oxygen atoms in total. The molecule has 4 heterocycles. The summed E-state index contributed by atoms with van der Waals surface area (Å²) >= 11 is 8.26. The van der Waals surface area contributed by atoms with Crippen molar-refractivity contribution in [1.29, 1.82) is 0 Å². The number of nitrogens with one attached hydrogen (secondary N) is 2. The van der Waals surface area contributed by atoms with E-state index in [0.717, 1.165) is 22.7 Å². The van der Waals surface area contributed by atoms with Gasteiger partial charge in [0.25, 0.3) is 31.8 Å². The molecule has 0 saturated carbocycles. The lowest BCUT2D eigenvalue weighted by atomic mass is 10.5. The van der Waals surface area contributed by atoms with Crippen molar-refractivity contribution >= 4 is 98.3 Å². The number of sulfonamides is 2. The van der Waals surface area contributed by atoms with E-state index in [9.17, 15) is 26.4 Å². The van der Waals surface area contributed by atoms with Gasteiger partial charge in [-0.3, -0.25) is 0 Å². The monoisotopic (exact) mass is 760 g/mol. The van der Waals surface area contributed by atoms with Gasteiger partial charge in [-0.25, -0.2) is 35.9 Å². The number of ether oxygens (including phenoxy) is 2. The van der Waals surface area contributed by atoms with Crippen LogP contribution in [0.1, 0.15) is 30.7 Å². The van der Waals surface area contributed by atoms with Gasteiger partial charge in [0.05, 0.1) is 25.6 Å². The molecule has 0 bridgehead atoms. The van der Waals surface area contributed by atoms with Crippen molar-refractivity contribution in [3.63, 3.8) is 0 Å². The number of aryl methyl sites for hydroxylation is 2. The highest BCUT2D eigenvalue weighted by atomic mass is 79.9. The molecule has 0 aliphatic rings. The Labute approximate surface area is 252 Å². The number of aromatic nitrogens is 2. The molecule has 0 aliphatic carbocycles. The summed E-state index contributed by atoms with van der Waals surface area (Å²) in [6.07, 6.45) is 0. The molecular formula is C20H18Br2N4O10S4. The van der Waals surface area contributed by atoms with E-state index in [1.54, 1.807) is 13.8 Å². The zero-order chi connectivity index (χ0) is 29.8. The number of hydrogen-bond donors (Lipinski definition) is 2. The molecule has 0 aromatic carbocycles. The largest absolute Gasteiger partial charge is 0.465 e. The van der Waals surface area contributed by atoms with Crippen molar-refractivity contribution in [2.24, 2.45) is 0 Å². The predicted octanol–water partition coefficient (Wildman–Crippen LogP) is 4.79. The minimum Gasteiger partial charge on any atom is -0.465 e. The van der Waals surface area contributed by atoms with Gasteiger partial charge in [0.15, 0.2) is 0 Å². The summed E-state index contributed by atoms with van der Waals surface area (Å²) in [5.74, 6) is -1.53. The molecule has 20 heteroatoms. The first kappa shape index (κ1) is 31.7. The van der Waals surface area contributed by atoms with Crippen LogP contribution in [0.5, 0.6) is 0 Å². The van der Waals surface area contributed by atoms with Gasteiger partial charge >= 0.3 is 11.9 Å². The maximum absolute atomic E-state index is 12.2. The maximum atomic E-state index is 12.2. The van der Waals surface area contributed by atoms with Gasteiger partial charge in [0.2, 0.25) is 0 Å². The first-order valence-electron chi connectivity index (χ1n) is 10.3. The zero-order valence-electron chi connectivity index (χ0n) is 20.7. The lowest BCUT2D eigenvalue weighted by molar-refractivity contribution is 0.0593. The molecule has 0 spiro atoms. The minimum absolute atomic E-state index is 0.00707. The Morgan fingerprint density at radius 1 is 0.775 bits per heavy atom. The second-order valence-electron chi connectivity index (χ2n) is 7.24. The first-order valence-corrected chi connectivity index (χ1v) is 16.7. The number of carbonyl (C=O) groups is 2. The van der Waals surface area contributed by atoms with Crippen LogP contribution in [0.15, 0.2) is 50.7 Å². The molecule has 4 rings (SSSR count). The number of anilines is 2. The average Bonchev–Trinajstić information content (AvgIpc) is 3.71. The second-order valence-corrected chi connectivity index (χ2v) is 14.0. The Balaban J connectivity index is 0.000000220. The quantitative estimate of drug-likeness (QED) is 0.233. The van der Waals surface area contributed by atoms with Gasteiger partial charge in [-0.1, -0.05) is 10.3 Å². The van der Waals surface area contributed by atoms with Crippen molar-refractivity contribution in [3.8, 4) is 0 Å². The van der Waals surface area contributed by atoms with Crippen LogP contribution < -0.4 is 9.44 Å². The van der Waals surface area contributed by atoms with Crippen molar-refractivity contribution in [2.75, 3.05) is 23.7 Å². The normalized spacial score (nSPS) is 11.3. The van der Waals surface area contributed by atoms with E-state index >= 15 is 0 Å². The van der Waals surface area contributed by atoms with Crippen molar-refractivity contribution in [1.82, 2.24) is 10.3 Å². The Morgan fingerprint density at radius 2 is 1.12 bits per heavy atom. The SMILES string of the molecule is COC(=O)c1sccc1S(=O)(=O)Nc1onc(C)c1Br.COC(=O)c1sccc1S(=O)(=O)Nc1onc(C)c1Br. The van der Waals surface area contributed by atoms with Gasteiger partial charge < -0.3 is 18.5 Å². The van der Waals surface area contributed by atoms with Crippen LogP contribution >= 0.6 is 54.5 Å². The van der Waals surface area contributed by atoms with Crippen LogP contribution in [0, 0.1) is 13.8 Å². The molecule has 4 aromatic rings. The van der Waals surface area contributed by atoms with Gasteiger partial charge in [-0.15, -0.1) is 22.7 Å².